The summed E-state index contributed by atoms with van der Waals surface area (Å²) in [4.78, 5) is 21.1. The van der Waals surface area contributed by atoms with Gasteiger partial charge in [-0.15, -0.1) is 0 Å². The van der Waals surface area contributed by atoms with E-state index in [0.29, 0.717) is 31.5 Å². The number of fused-ring (bicyclic) bond motifs is 1. The lowest BCUT2D eigenvalue weighted by atomic mass is 10.1. The highest BCUT2D eigenvalue weighted by molar-refractivity contribution is 5.98. The highest BCUT2D eigenvalue weighted by atomic mass is 19.4. The van der Waals surface area contributed by atoms with Gasteiger partial charge in [0.15, 0.2) is 0 Å². The molecular weight excluding hydrogens is 371 g/mol. The minimum Gasteiger partial charge on any atom is -0.490 e. The predicted octanol–water partition coefficient (Wildman–Crippen LogP) is 4.27. The highest BCUT2D eigenvalue weighted by Gasteiger charge is 2.35. The summed E-state index contributed by atoms with van der Waals surface area (Å²) in [5.74, 6) is -0.306. The Morgan fingerprint density at radius 3 is 2.71 bits per heavy atom. The van der Waals surface area contributed by atoms with Gasteiger partial charge in [-0.3, -0.25) is 9.78 Å². The van der Waals surface area contributed by atoms with Crippen LogP contribution < -0.4 is 4.74 Å². The molecule has 4 rings (SSSR count). The molecule has 1 aliphatic heterocycles. The summed E-state index contributed by atoms with van der Waals surface area (Å²) in [6.07, 6.45) is -0.0950. The Morgan fingerprint density at radius 2 is 1.96 bits per heavy atom. The van der Waals surface area contributed by atoms with Crippen molar-refractivity contribution >= 4 is 16.8 Å². The molecular formula is C20H18F3N3O2. The van der Waals surface area contributed by atoms with Crippen molar-refractivity contribution < 1.29 is 22.7 Å². The standard InChI is InChI=1S/C20H18F3N3O2/c21-20(22,23)16-12-24-7-4-18(16)28-15-5-9-26(10-6-15)19(27)14-2-1-13-3-8-25-17(13)11-14/h1-4,7-8,11-12,15,25H,5-6,9-10H2. The summed E-state index contributed by atoms with van der Waals surface area (Å²) in [7, 11) is 0. The Balaban J connectivity index is 1.40. The fourth-order valence-electron chi connectivity index (χ4n) is 3.42. The van der Waals surface area contributed by atoms with Crippen molar-refractivity contribution in [1.82, 2.24) is 14.9 Å². The number of amides is 1. The molecule has 1 fully saturated rings. The SMILES string of the molecule is O=C(c1ccc2cc[nH]c2c1)N1CCC(Oc2ccncc2C(F)(F)F)CC1. The summed E-state index contributed by atoms with van der Waals surface area (Å²) < 4.78 is 44.8. The summed E-state index contributed by atoms with van der Waals surface area (Å²) in [5, 5.41) is 1.03. The number of aromatic nitrogens is 2. The fraction of sp³-hybridized carbons (Fsp3) is 0.300. The second kappa shape index (κ2) is 7.18. The number of nitrogens with one attached hydrogen (secondary N) is 1. The normalized spacial score (nSPS) is 15.8. The second-order valence-electron chi connectivity index (χ2n) is 6.76. The Hall–Kier alpha value is -3.03. The van der Waals surface area contributed by atoms with Crippen LogP contribution in [0, 0.1) is 0 Å². The number of benzene rings is 1. The van der Waals surface area contributed by atoms with Gasteiger partial charge in [-0.1, -0.05) is 6.07 Å². The van der Waals surface area contributed by atoms with Crippen LogP contribution in [0.3, 0.4) is 0 Å². The molecule has 1 aliphatic rings. The van der Waals surface area contributed by atoms with Crippen LogP contribution in [0.2, 0.25) is 0 Å². The van der Waals surface area contributed by atoms with Crippen molar-refractivity contribution in [3.05, 3.63) is 60.0 Å². The van der Waals surface area contributed by atoms with Crippen molar-refractivity contribution in [3.8, 4) is 5.75 Å². The fourth-order valence-corrected chi connectivity index (χ4v) is 3.42. The van der Waals surface area contributed by atoms with Crippen molar-refractivity contribution in [2.24, 2.45) is 0 Å². The van der Waals surface area contributed by atoms with E-state index in [4.69, 9.17) is 4.74 Å². The number of aromatic amines is 1. The Labute approximate surface area is 159 Å². The minimum absolute atomic E-state index is 0.0881. The van der Waals surface area contributed by atoms with Crippen LogP contribution in [0.1, 0.15) is 28.8 Å². The lowest BCUT2D eigenvalue weighted by molar-refractivity contribution is -0.139. The molecule has 0 unspecified atom stereocenters. The molecule has 1 saturated heterocycles. The van der Waals surface area contributed by atoms with E-state index >= 15 is 0 Å². The molecule has 1 N–H and O–H groups in total. The maximum absolute atomic E-state index is 13.1. The van der Waals surface area contributed by atoms with Gasteiger partial charge in [0.1, 0.15) is 17.4 Å². The number of likely N-dealkylation sites (tertiary alicyclic amines) is 1. The number of carbonyl (C=O) groups excluding carboxylic acids is 1. The number of carbonyl (C=O) groups is 1. The number of ether oxygens (including phenoxy) is 1. The molecule has 0 spiro atoms. The van der Waals surface area contributed by atoms with E-state index in [9.17, 15) is 18.0 Å². The molecule has 0 aliphatic carbocycles. The van der Waals surface area contributed by atoms with E-state index in [1.54, 1.807) is 11.0 Å². The number of piperidine rings is 1. The highest BCUT2D eigenvalue weighted by Crippen LogP contribution is 2.36. The number of rotatable bonds is 3. The average Bonchev–Trinajstić information content (AvgIpc) is 3.15. The molecule has 8 heteroatoms. The number of pyridine rings is 1. The van der Waals surface area contributed by atoms with Gasteiger partial charge in [0, 0.05) is 55.6 Å². The third-order valence-electron chi connectivity index (χ3n) is 4.91. The Bertz CT molecular complexity index is 992. The molecule has 0 atom stereocenters. The van der Waals surface area contributed by atoms with E-state index in [1.807, 2.05) is 24.4 Å². The molecule has 1 aromatic carbocycles. The van der Waals surface area contributed by atoms with Crippen LogP contribution in [-0.2, 0) is 6.18 Å². The zero-order valence-corrected chi connectivity index (χ0v) is 14.9. The van der Waals surface area contributed by atoms with Gasteiger partial charge in [0.25, 0.3) is 5.91 Å². The summed E-state index contributed by atoms with van der Waals surface area (Å²) >= 11 is 0. The van der Waals surface area contributed by atoms with Gasteiger partial charge in [0.05, 0.1) is 0 Å². The molecule has 1 amide bonds. The van der Waals surface area contributed by atoms with Gasteiger partial charge in [0.2, 0.25) is 0 Å². The van der Waals surface area contributed by atoms with E-state index < -0.39 is 11.7 Å². The van der Waals surface area contributed by atoms with Crippen LogP contribution in [0.5, 0.6) is 5.75 Å². The van der Waals surface area contributed by atoms with E-state index in [-0.39, 0.29) is 17.8 Å². The van der Waals surface area contributed by atoms with Gasteiger partial charge >= 0.3 is 6.18 Å². The number of halogens is 3. The molecule has 28 heavy (non-hydrogen) atoms. The number of hydrogen-bond acceptors (Lipinski definition) is 3. The maximum atomic E-state index is 13.1. The first-order chi connectivity index (χ1) is 13.4. The molecule has 0 radical (unpaired) electrons. The summed E-state index contributed by atoms with van der Waals surface area (Å²) in [5.41, 5.74) is 0.594. The summed E-state index contributed by atoms with van der Waals surface area (Å²) in [6, 6.07) is 8.64. The van der Waals surface area contributed by atoms with Gasteiger partial charge < -0.3 is 14.6 Å². The van der Waals surface area contributed by atoms with Crippen molar-refractivity contribution in [2.45, 2.75) is 25.1 Å². The number of alkyl halides is 3. The first-order valence-electron chi connectivity index (χ1n) is 8.96. The molecule has 2 aromatic heterocycles. The minimum atomic E-state index is -4.52. The maximum Gasteiger partial charge on any atom is 0.421 e. The Kier molecular flexibility index (Phi) is 4.70. The van der Waals surface area contributed by atoms with Crippen LogP contribution in [0.25, 0.3) is 10.9 Å². The van der Waals surface area contributed by atoms with Crippen LogP contribution in [0.4, 0.5) is 13.2 Å². The van der Waals surface area contributed by atoms with Crippen molar-refractivity contribution in [2.75, 3.05) is 13.1 Å². The zero-order valence-electron chi connectivity index (χ0n) is 14.9. The number of H-pyrrole nitrogens is 1. The molecule has 3 heterocycles. The Morgan fingerprint density at radius 1 is 1.18 bits per heavy atom. The average molecular weight is 389 g/mol. The first-order valence-corrected chi connectivity index (χ1v) is 8.96. The van der Waals surface area contributed by atoms with Gasteiger partial charge in [-0.25, -0.2) is 0 Å². The quantitative estimate of drug-likeness (QED) is 0.728. The molecule has 3 aromatic rings. The second-order valence-corrected chi connectivity index (χ2v) is 6.76. The van der Waals surface area contributed by atoms with E-state index in [0.717, 1.165) is 17.1 Å². The van der Waals surface area contributed by atoms with Crippen LogP contribution in [0.15, 0.2) is 48.9 Å². The molecule has 0 bridgehead atoms. The summed E-state index contributed by atoms with van der Waals surface area (Å²) in [6.45, 7) is 0.859. The molecule has 0 saturated carbocycles. The zero-order chi connectivity index (χ0) is 19.7. The van der Waals surface area contributed by atoms with Crippen molar-refractivity contribution in [1.29, 1.82) is 0 Å². The topological polar surface area (TPSA) is 58.2 Å². The molecule has 146 valence electrons. The van der Waals surface area contributed by atoms with E-state index in [2.05, 4.69) is 9.97 Å². The number of hydrogen-bond donors (Lipinski definition) is 1. The smallest absolute Gasteiger partial charge is 0.421 e. The third-order valence-corrected chi connectivity index (χ3v) is 4.91. The monoisotopic (exact) mass is 389 g/mol. The van der Waals surface area contributed by atoms with Crippen LogP contribution in [-0.4, -0.2) is 40.0 Å². The predicted molar refractivity (Wildman–Crippen MR) is 97.1 cm³/mol. The van der Waals surface area contributed by atoms with Gasteiger partial charge in [-0.05, 0) is 29.7 Å². The van der Waals surface area contributed by atoms with E-state index in [1.165, 1.54) is 12.3 Å². The lowest BCUT2D eigenvalue weighted by Gasteiger charge is -2.32. The lowest BCUT2D eigenvalue weighted by Crippen LogP contribution is -2.41. The van der Waals surface area contributed by atoms with Crippen LogP contribution >= 0.6 is 0 Å². The largest absolute Gasteiger partial charge is 0.490 e. The number of nitrogens with zero attached hydrogens (tertiary/aromatic N) is 2. The van der Waals surface area contributed by atoms with Crippen molar-refractivity contribution in [3.63, 3.8) is 0 Å². The third kappa shape index (κ3) is 3.67. The first kappa shape index (κ1) is 18.3. The molecule has 5 nitrogen and oxygen atoms in total. The van der Waals surface area contributed by atoms with Gasteiger partial charge in [-0.2, -0.15) is 13.2 Å².